The van der Waals surface area contributed by atoms with E-state index in [0.29, 0.717) is 11.8 Å². The monoisotopic (exact) mass is 495 g/mol. The molecule has 8 nitrogen and oxygen atoms in total. The molecule has 36 heavy (non-hydrogen) atoms. The van der Waals surface area contributed by atoms with Crippen LogP contribution in [0.5, 0.6) is 5.75 Å². The average Bonchev–Trinajstić information content (AvgIpc) is 2.81. The Kier molecular flexibility index (Phi) is 10.6. The number of phenols is 1. The minimum atomic E-state index is -1.05. The molecule has 0 saturated carbocycles. The number of aromatic hydroxyl groups is 1. The van der Waals surface area contributed by atoms with E-state index >= 15 is 0 Å². The fraction of sp³-hybridized carbons (Fsp3) is 0.429. The summed E-state index contributed by atoms with van der Waals surface area (Å²) in [6.45, 7) is 7.30. The maximum atomic E-state index is 14.1. The van der Waals surface area contributed by atoms with E-state index in [1.54, 1.807) is 26.0 Å². The summed E-state index contributed by atoms with van der Waals surface area (Å²) >= 11 is 0. The molecule has 3 atom stereocenters. The minimum absolute atomic E-state index is 0.0698. The van der Waals surface area contributed by atoms with E-state index < -0.39 is 29.9 Å². The van der Waals surface area contributed by atoms with Crippen molar-refractivity contribution in [1.82, 2.24) is 10.2 Å². The fourth-order valence-corrected chi connectivity index (χ4v) is 4.23. The van der Waals surface area contributed by atoms with Gasteiger partial charge in [-0.15, -0.1) is 0 Å². The number of rotatable bonds is 13. The van der Waals surface area contributed by atoms with E-state index in [-0.39, 0.29) is 42.8 Å². The van der Waals surface area contributed by atoms with Crippen molar-refractivity contribution in [2.24, 2.45) is 17.6 Å². The van der Waals surface area contributed by atoms with Crippen LogP contribution in [0.3, 0.4) is 0 Å². The molecule has 0 heterocycles. The summed E-state index contributed by atoms with van der Waals surface area (Å²) in [5.74, 6) is -1.83. The normalized spacial score (nSPS) is 13.6. The summed E-state index contributed by atoms with van der Waals surface area (Å²) in [7, 11) is 0. The van der Waals surface area contributed by atoms with Gasteiger partial charge in [0.1, 0.15) is 24.1 Å². The lowest BCUT2D eigenvalue weighted by atomic mass is 9.94. The number of benzene rings is 2. The second kappa shape index (κ2) is 13.4. The Labute approximate surface area is 212 Å². The summed E-state index contributed by atoms with van der Waals surface area (Å²) < 4.78 is 0. The predicted octanol–water partition coefficient (Wildman–Crippen LogP) is 2.61. The van der Waals surface area contributed by atoms with E-state index in [1.165, 1.54) is 17.0 Å². The van der Waals surface area contributed by atoms with Crippen LogP contribution in [0.4, 0.5) is 0 Å². The molecule has 0 fully saturated rings. The molecule has 2 aromatic carbocycles. The first-order valence-electron chi connectivity index (χ1n) is 12.2. The predicted molar refractivity (Wildman–Crippen MR) is 138 cm³/mol. The van der Waals surface area contributed by atoms with Gasteiger partial charge in [0.15, 0.2) is 0 Å². The molecule has 0 aromatic heterocycles. The summed E-state index contributed by atoms with van der Waals surface area (Å²) in [5.41, 5.74) is 7.25. The van der Waals surface area contributed by atoms with Crippen molar-refractivity contribution in [2.75, 3.05) is 0 Å². The van der Waals surface area contributed by atoms with Gasteiger partial charge >= 0.3 is 0 Å². The van der Waals surface area contributed by atoms with Crippen LogP contribution < -0.4 is 11.1 Å². The van der Waals surface area contributed by atoms with E-state index in [1.807, 2.05) is 44.2 Å². The molecular formula is C28H37N3O5. The number of nitrogens with two attached hydrogens (primary N) is 1. The van der Waals surface area contributed by atoms with Crippen molar-refractivity contribution in [3.05, 3.63) is 65.7 Å². The maximum absolute atomic E-state index is 14.1. The largest absolute Gasteiger partial charge is 0.508 e. The molecule has 0 saturated heterocycles. The lowest BCUT2D eigenvalue weighted by molar-refractivity contribution is -0.148. The molecule has 0 aliphatic heterocycles. The van der Waals surface area contributed by atoms with Crippen LogP contribution in [0.1, 0.15) is 45.2 Å². The molecule has 8 heteroatoms. The number of primary amides is 1. The molecule has 0 aliphatic rings. The summed E-state index contributed by atoms with van der Waals surface area (Å²) in [6, 6.07) is 12.4. The highest BCUT2D eigenvalue weighted by atomic mass is 16.3. The summed E-state index contributed by atoms with van der Waals surface area (Å²) in [6.07, 6.45) is 1.17. The van der Waals surface area contributed by atoms with Crippen molar-refractivity contribution in [1.29, 1.82) is 0 Å². The highest BCUT2D eigenvalue weighted by Crippen LogP contribution is 2.21. The van der Waals surface area contributed by atoms with Crippen molar-refractivity contribution in [3.8, 4) is 5.75 Å². The molecule has 0 radical (unpaired) electrons. The molecule has 0 spiro atoms. The third-order valence-electron chi connectivity index (χ3n) is 5.88. The number of hydrogen-bond acceptors (Lipinski definition) is 5. The zero-order valence-corrected chi connectivity index (χ0v) is 21.4. The SMILES string of the molecule is CC(C)CC(=O)N[C@@H](Cc1ccc(O)cc1)C(=O)N([C@H](C=O)Cc1ccccc1)[C@H](C(N)=O)C(C)C. The van der Waals surface area contributed by atoms with Crippen molar-refractivity contribution in [2.45, 2.75) is 65.1 Å². The summed E-state index contributed by atoms with van der Waals surface area (Å²) in [4.78, 5) is 52.9. The van der Waals surface area contributed by atoms with Crippen LogP contribution in [0.15, 0.2) is 54.6 Å². The molecule has 0 aliphatic carbocycles. The number of amides is 3. The Morgan fingerprint density at radius 2 is 1.53 bits per heavy atom. The highest BCUT2D eigenvalue weighted by molar-refractivity contribution is 5.93. The third kappa shape index (κ3) is 8.22. The number of hydrogen-bond donors (Lipinski definition) is 3. The van der Waals surface area contributed by atoms with Gasteiger partial charge in [0.25, 0.3) is 0 Å². The Morgan fingerprint density at radius 3 is 2.03 bits per heavy atom. The number of nitrogens with one attached hydrogen (secondary N) is 1. The first-order valence-corrected chi connectivity index (χ1v) is 12.2. The van der Waals surface area contributed by atoms with E-state index in [4.69, 9.17) is 5.73 Å². The number of nitrogens with zero attached hydrogens (tertiary/aromatic N) is 1. The van der Waals surface area contributed by atoms with Gasteiger partial charge in [-0.3, -0.25) is 14.4 Å². The topological polar surface area (TPSA) is 130 Å². The molecule has 2 rings (SSSR count). The number of phenolic OH excluding ortho intramolecular Hbond substituents is 1. The van der Waals surface area contributed by atoms with Crippen LogP contribution in [-0.4, -0.2) is 52.1 Å². The average molecular weight is 496 g/mol. The lowest BCUT2D eigenvalue weighted by Crippen LogP contribution is -2.61. The van der Waals surface area contributed by atoms with Crippen LogP contribution in [0.2, 0.25) is 0 Å². The smallest absolute Gasteiger partial charge is 0.246 e. The Morgan fingerprint density at radius 1 is 0.944 bits per heavy atom. The summed E-state index contributed by atoms with van der Waals surface area (Å²) in [5, 5.41) is 12.4. The molecule has 3 amide bonds. The second-order valence-corrected chi connectivity index (χ2v) is 9.82. The van der Waals surface area contributed by atoms with Gasteiger partial charge < -0.3 is 25.9 Å². The van der Waals surface area contributed by atoms with E-state index in [9.17, 15) is 24.3 Å². The highest BCUT2D eigenvalue weighted by Gasteiger charge is 2.39. The number of aldehydes is 1. The zero-order valence-electron chi connectivity index (χ0n) is 21.4. The van der Waals surface area contributed by atoms with Crippen molar-refractivity contribution < 1.29 is 24.3 Å². The molecule has 2 aromatic rings. The Hall–Kier alpha value is -3.68. The van der Waals surface area contributed by atoms with Gasteiger partial charge in [0.05, 0.1) is 6.04 Å². The van der Waals surface area contributed by atoms with Crippen LogP contribution in [0.25, 0.3) is 0 Å². The number of carbonyl (C=O) groups excluding carboxylic acids is 4. The van der Waals surface area contributed by atoms with Gasteiger partial charge in [-0.1, -0.05) is 70.2 Å². The van der Waals surface area contributed by atoms with Gasteiger partial charge in [-0.25, -0.2) is 0 Å². The van der Waals surface area contributed by atoms with Crippen LogP contribution in [0, 0.1) is 11.8 Å². The zero-order chi connectivity index (χ0) is 26.8. The van der Waals surface area contributed by atoms with Crippen molar-refractivity contribution >= 4 is 24.0 Å². The fourth-order valence-electron chi connectivity index (χ4n) is 4.23. The van der Waals surface area contributed by atoms with Gasteiger partial charge in [-0.2, -0.15) is 0 Å². The van der Waals surface area contributed by atoms with Crippen LogP contribution in [-0.2, 0) is 32.0 Å². The van der Waals surface area contributed by atoms with Gasteiger partial charge in [0, 0.05) is 12.8 Å². The Bertz CT molecular complexity index is 1020. The Balaban J connectivity index is 2.51. The van der Waals surface area contributed by atoms with Gasteiger partial charge in [0.2, 0.25) is 17.7 Å². The number of carbonyl (C=O) groups is 4. The first kappa shape index (κ1) is 28.6. The molecule has 0 bridgehead atoms. The maximum Gasteiger partial charge on any atom is 0.246 e. The molecule has 194 valence electrons. The molecule has 0 unspecified atom stereocenters. The van der Waals surface area contributed by atoms with E-state index in [0.717, 1.165) is 5.56 Å². The standard InChI is InChI=1S/C28H37N3O5/c1-18(2)14-25(34)30-24(16-21-10-12-23(33)13-11-21)28(36)31(26(19(3)4)27(29)35)22(17-32)15-20-8-6-5-7-9-20/h5-13,17-19,22,24,26,33H,14-16H2,1-4H3,(H2,29,35)(H,30,34)/t22-,24-,26-/m0/s1. The minimum Gasteiger partial charge on any atom is -0.508 e. The van der Waals surface area contributed by atoms with Gasteiger partial charge in [-0.05, 0) is 41.5 Å². The molecular weight excluding hydrogens is 458 g/mol. The van der Waals surface area contributed by atoms with E-state index in [2.05, 4.69) is 5.32 Å². The first-order chi connectivity index (χ1) is 17.0. The second-order valence-electron chi connectivity index (χ2n) is 9.82. The third-order valence-corrected chi connectivity index (χ3v) is 5.88. The lowest BCUT2D eigenvalue weighted by Gasteiger charge is -2.38. The van der Waals surface area contributed by atoms with Crippen LogP contribution >= 0.6 is 0 Å². The quantitative estimate of drug-likeness (QED) is 0.368. The molecule has 4 N–H and O–H groups in total. The van der Waals surface area contributed by atoms with Crippen molar-refractivity contribution in [3.63, 3.8) is 0 Å².